The van der Waals surface area contributed by atoms with Crippen LogP contribution in [0.2, 0.25) is 0 Å². The Morgan fingerprint density at radius 2 is 2.17 bits per heavy atom. The van der Waals surface area contributed by atoms with E-state index in [1.54, 1.807) is 5.57 Å². The molecule has 66 valence electrons. The first kappa shape index (κ1) is 8.03. The van der Waals surface area contributed by atoms with E-state index < -0.39 is 0 Å². The van der Waals surface area contributed by atoms with E-state index in [9.17, 15) is 0 Å². The highest BCUT2D eigenvalue weighted by atomic mass is 14.8. The molecular formula is C11H17N. The Morgan fingerprint density at radius 3 is 2.92 bits per heavy atom. The molecule has 1 aliphatic heterocycles. The lowest BCUT2D eigenvalue weighted by Crippen LogP contribution is -2.27. The van der Waals surface area contributed by atoms with Gasteiger partial charge in [0.1, 0.15) is 0 Å². The fraction of sp³-hybridized carbons (Fsp3) is 0.727. The van der Waals surface area contributed by atoms with Gasteiger partial charge in [0, 0.05) is 12.1 Å². The first-order valence-electron chi connectivity index (χ1n) is 5.02. The lowest BCUT2D eigenvalue weighted by molar-refractivity contribution is 0.346. The molecule has 0 spiro atoms. The van der Waals surface area contributed by atoms with E-state index in [0.717, 1.165) is 11.8 Å². The molecule has 1 fully saturated rings. The van der Waals surface area contributed by atoms with Gasteiger partial charge in [-0.25, -0.2) is 0 Å². The van der Waals surface area contributed by atoms with Crippen molar-refractivity contribution in [3.05, 3.63) is 11.6 Å². The van der Waals surface area contributed by atoms with Gasteiger partial charge in [0.15, 0.2) is 0 Å². The van der Waals surface area contributed by atoms with Gasteiger partial charge < -0.3 is 0 Å². The van der Waals surface area contributed by atoms with Crippen LogP contribution < -0.4 is 0 Å². The Balaban J connectivity index is 2.24. The molecule has 0 aromatic heterocycles. The summed E-state index contributed by atoms with van der Waals surface area (Å²) < 4.78 is 0. The van der Waals surface area contributed by atoms with Crippen LogP contribution in [0.1, 0.15) is 33.1 Å². The van der Waals surface area contributed by atoms with Gasteiger partial charge in [0.25, 0.3) is 0 Å². The number of allylic oxidation sites excluding steroid dienone is 1. The van der Waals surface area contributed by atoms with Crippen LogP contribution in [0.25, 0.3) is 0 Å². The first-order chi connectivity index (χ1) is 5.79. The lowest BCUT2D eigenvalue weighted by atomic mass is 9.74. The van der Waals surface area contributed by atoms with Crippen molar-refractivity contribution >= 4 is 6.21 Å². The van der Waals surface area contributed by atoms with Crippen molar-refractivity contribution in [1.82, 2.24) is 0 Å². The summed E-state index contributed by atoms with van der Waals surface area (Å²) in [5.74, 6) is 1.57. The molecule has 1 heterocycles. The van der Waals surface area contributed by atoms with Gasteiger partial charge in [-0.15, -0.1) is 0 Å². The molecule has 12 heavy (non-hydrogen) atoms. The Labute approximate surface area is 74.6 Å². The summed E-state index contributed by atoms with van der Waals surface area (Å²) in [5, 5.41) is 0. The third-order valence-corrected chi connectivity index (χ3v) is 3.32. The van der Waals surface area contributed by atoms with Crippen LogP contribution in [0.15, 0.2) is 16.6 Å². The van der Waals surface area contributed by atoms with E-state index in [4.69, 9.17) is 0 Å². The molecule has 1 aliphatic carbocycles. The molecule has 1 saturated carbocycles. The number of hydrogen-bond donors (Lipinski definition) is 0. The monoisotopic (exact) mass is 163 g/mol. The van der Waals surface area contributed by atoms with E-state index in [1.165, 1.54) is 19.3 Å². The number of dihydropyridines is 1. The standard InChI is InChI=1S/C11H17N/c1-8-4-3-5-11-9(2)12-7-6-10(8)11/h6-9,11H,3-5H2,1-2H3/t8-,9-,11?/m1/s1. The smallest absolute Gasteiger partial charge is 0.0536 e. The third kappa shape index (κ3) is 1.21. The summed E-state index contributed by atoms with van der Waals surface area (Å²) >= 11 is 0. The second-order valence-corrected chi connectivity index (χ2v) is 4.14. The minimum Gasteiger partial charge on any atom is -0.290 e. The molecule has 2 aliphatic rings. The van der Waals surface area contributed by atoms with Crippen molar-refractivity contribution in [2.24, 2.45) is 16.8 Å². The third-order valence-electron chi connectivity index (χ3n) is 3.32. The quantitative estimate of drug-likeness (QED) is 0.520. The molecule has 0 N–H and O–H groups in total. The molecule has 0 radical (unpaired) electrons. The molecule has 1 nitrogen and oxygen atoms in total. The average Bonchev–Trinajstić information content (AvgIpc) is 2.07. The predicted octanol–water partition coefficient (Wildman–Crippen LogP) is 2.82. The summed E-state index contributed by atoms with van der Waals surface area (Å²) in [6.45, 7) is 4.59. The van der Waals surface area contributed by atoms with Crippen molar-refractivity contribution in [3.63, 3.8) is 0 Å². The van der Waals surface area contributed by atoms with Gasteiger partial charge in [-0.05, 0) is 31.8 Å². The molecule has 2 rings (SSSR count). The normalized spacial score (nSPS) is 40.5. The number of aliphatic imine (C=N–C) groups is 1. The Morgan fingerprint density at radius 1 is 1.33 bits per heavy atom. The van der Waals surface area contributed by atoms with Gasteiger partial charge in [-0.1, -0.05) is 18.9 Å². The molecule has 1 heteroatoms. The summed E-state index contributed by atoms with van der Waals surface area (Å²) in [4.78, 5) is 4.45. The van der Waals surface area contributed by atoms with Crippen molar-refractivity contribution in [3.8, 4) is 0 Å². The van der Waals surface area contributed by atoms with Crippen molar-refractivity contribution in [1.29, 1.82) is 0 Å². The highest BCUT2D eigenvalue weighted by molar-refractivity contribution is 5.74. The first-order valence-corrected chi connectivity index (χ1v) is 5.02. The van der Waals surface area contributed by atoms with Gasteiger partial charge in [0.05, 0.1) is 6.04 Å². The van der Waals surface area contributed by atoms with Crippen molar-refractivity contribution in [2.45, 2.75) is 39.2 Å². The average molecular weight is 163 g/mol. The molecule has 0 aromatic rings. The minimum atomic E-state index is 0.535. The molecule has 3 atom stereocenters. The zero-order valence-electron chi connectivity index (χ0n) is 7.96. The van der Waals surface area contributed by atoms with E-state index in [-0.39, 0.29) is 0 Å². The molecule has 1 unspecified atom stereocenters. The molecule has 0 aromatic carbocycles. The van der Waals surface area contributed by atoms with Crippen LogP contribution in [0, 0.1) is 11.8 Å². The van der Waals surface area contributed by atoms with Crippen LogP contribution >= 0.6 is 0 Å². The Kier molecular flexibility index (Phi) is 2.03. The number of fused-ring (bicyclic) bond motifs is 1. The highest BCUT2D eigenvalue weighted by Crippen LogP contribution is 2.37. The van der Waals surface area contributed by atoms with Gasteiger partial charge >= 0.3 is 0 Å². The number of rotatable bonds is 0. The van der Waals surface area contributed by atoms with E-state index in [0.29, 0.717) is 6.04 Å². The Bertz CT molecular complexity index is 227. The van der Waals surface area contributed by atoms with Crippen LogP contribution in [0.3, 0.4) is 0 Å². The maximum absolute atomic E-state index is 4.45. The summed E-state index contributed by atoms with van der Waals surface area (Å²) in [5.41, 5.74) is 1.66. The van der Waals surface area contributed by atoms with Crippen LogP contribution in [0.4, 0.5) is 0 Å². The largest absolute Gasteiger partial charge is 0.290 e. The number of hydrogen-bond acceptors (Lipinski definition) is 1. The van der Waals surface area contributed by atoms with Crippen LogP contribution in [-0.4, -0.2) is 12.3 Å². The molecule has 0 bridgehead atoms. The molecule has 0 amide bonds. The highest BCUT2D eigenvalue weighted by Gasteiger charge is 2.29. The fourth-order valence-electron chi connectivity index (χ4n) is 2.52. The maximum Gasteiger partial charge on any atom is 0.0536 e. The summed E-state index contributed by atoms with van der Waals surface area (Å²) in [7, 11) is 0. The Hall–Kier alpha value is -0.590. The molecule has 0 saturated heterocycles. The van der Waals surface area contributed by atoms with E-state index in [2.05, 4.69) is 24.9 Å². The van der Waals surface area contributed by atoms with Gasteiger partial charge in [-0.2, -0.15) is 0 Å². The van der Waals surface area contributed by atoms with E-state index in [1.807, 2.05) is 6.21 Å². The predicted molar refractivity (Wildman–Crippen MR) is 52.5 cm³/mol. The molecular weight excluding hydrogens is 146 g/mol. The van der Waals surface area contributed by atoms with Gasteiger partial charge in [-0.3, -0.25) is 4.99 Å². The van der Waals surface area contributed by atoms with Crippen molar-refractivity contribution in [2.75, 3.05) is 0 Å². The van der Waals surface area contributed by atoms with Crippen LogP contribution in [-0.2, 0) is 0 Å². The second kappa shape index (κ2) is 3.04. The van der Waals surface area contributed by atoms with Gasteiger partial charge in [0.2, 0.25) is 0 Å². The van der Waals surface area contributed by atoms with Crippen LogP contribution in [0.5, 0.6) is 0 Å². The van der Waals surface area contributed by atoms with E-state index >= 15 is 0 Å². The zero-order chi connectivity index (χ0) is 8.55. The summed E-state index contributed by atoms with van der Waals surface area (Å²) in [6, 6.07) is 0.535. The topological polar surface area (TPSA) is 12.4 Å². The zero-order valence-corrected chi connectivity index (χ0v) is 7.96. The maximum atomic E-state index is 4.45. The fourth-order valence-corrected chi connectivity index (χ4v) is 2.52. The summed E-state index contributed by atoms with van der Waals surface area (Å²) in [6.07, 6.45) is 8.37. The SMILES string of the molecule is C[C@@H]1CCCC2C1=CC=N[C@@H]2C. The minimum absolute atomic E-state index is 0.535. The number of nitrogens with zero attached hydrogens (tertiary/aromatic N) is 1. The lowest BCUT2D eigenvalue weighted by Gasteiger charge is -2.34. The van der Waals surface area contributed by atoms with Crippen molar-refractivity contribution < 1.29 is 0 Å². The second-order valence-electron chi connectivity index (χ2n) is 4.14.